The molecule has 1 rings (SSSR count). The van der Waals surface area contributed by atoms with Crippen molar-refractivity contribution in [1.82, 2.24) is 4.57 Å². The van der Waals surface area contributed by atoms with Crippen LogP contribution >= 0.6 is 0 Å². The van der Waals surface area contributed by atoms with Gasteiger partial charge in [0.15, 0.2) is 0 Å². The molecular weight excluding hydrogens is 146 g/mol. The first-order valence-corrected chi connectivity index (χ1v) is 4.40. The second-order valence-electron chi connectivity index (χ2n) is 2.97. The first kappa shape index (κ1) is 8.93. The van der Waals surface area contributed by atoms with Crippen molar-refractivity contribution in [3.63, 3.8) is 0 Å². The predicted molar refractivity (Wildman–Crippen MR) is 51.8 cm³/mol. The first-order valence-electron chi connectivity index (χ1n) is 4.40. The molecule has 0 saturated heterocycles. The van der Waals surface area contributed by atoms with Crippen LogP contribution in [0.1, 0.15) is 26.7 Å². The lowest BCUT2D eigenvalue weighted by Gasteiger charge is -2.27. The average Bonchev–Trinajstić information content (AvgIpc) is 2.62. The van der Waals surface area contributed by atoms with Crippen molar-refractivity contribution < 1.29 is 0 Å². The Balaban J connectivity index is 3.03. The largest absolute Gasteiger partial charge is 0.338 e. The van der Waals surface area contributed by atoms with E-state index in [9.17, 15) is 0 Å². The number of hydrogen-bond acceptors (Lipinski definition) is 0. The molecule has 0 aliphatic rings. The molecule has 1 nitrogen and oxygen atoms in total. The Morgan fingerprint density at radius 2 is 1.75 bits per heavy atom. The summed E-state index contributed by atoms with van der Waals surface area (Å²) in [7, 11) is 0. The van der Waals surface area contributed by atoms with Gasteiger partial charge in [-0.15, -0.1) is 6.42 Å². The van der Waals surface area contributed by atoms with E-state index in [0.717, 1.165) is 12.8 Å². The van der Waals surface area contributed by atoms with E-state index in [1.54, 1.807) is 0 Å². The maximum absolute atomic E-state index is 5.55. The molecule has 0 aliphatic carbocycles. The number of rotatable bonds is 3. The summed E-state index contributed by atoms with van der Waals surface area (Å²) in [5, 5.41) is 0. The van der Waals surface area contributed by atoms with E-state index in [0.29, 0.717) is 0 Å². The van der Waals surface area contributed by atoms with Gasteiger partial charge < -0.3 is 4.57 Å². The lowest BCUT2D eigenvalue weighted by atomic mass is 9.94. The van der Waals surface area contributed by atoms with Crippen LogP contribution in [0.3, 0.4) is 0 Å². The normalized spacial score (nSPS) is 11.1. The topological polar surface area (TPSA) is 4.93 Å². The van der Waals surface area contributed by atoms with Crippen LogP contribution in [-0.2, 0) is 5.54 Å². The van der Waals surface area contributed by atoms with Crippen LogP contribution in [0.4, 0.5) is 0 Å². The zero-order chi connectivity index (χ0) is 9.03. The Morgan fingerprint density at radius 1 is 1.25 bits per heavy atom. The minimum absolute atomic E-state index is 0.108. The van der Waals surface area contributed by atoms with Crippen molar-refractivity contribution in [2.45, 2.75) is 32.2 Å². The first-order chi connectivity index (χ1) is 5.79. The van der Waals surface area contributed by atoms with Crippen molar-refractivity contribution >= 4 is 0 Å². The zero-order valence-electron chi connectivity index (χ0n) is 7.75. The minimum atomic E-state index is -0.108. The van der Waals surface area contributed by atoms with Gasteiger partial charge in [-0.05, 0) is 25.0 Å². The van der Waals surface area contributed by atoms with E-state index in [4.69, 9.17) is 6.42 Å². The molecule has 1 aromatic heterocycles. The van der Waals surface area contributed by atoms with E-state index in [-0.39, 0.29) is 5.54 Å². The van der Waals surface area contributed by atoms with Crippen molar-refractivity contribution in [3.05, 3.63) is 24.5 Å². The van der Waals surface area contributed by atoms with Crippen molar-refractivity contribution in [1.29, 1.82) is 0 Å². The third kappa shape index (κ3) is 1.25. The monoisotopic (exact) mass is 161 g/mol. The summed E-state index contributed by atoms with van der Waals surface area (Å²) in [5.41, 5.74) is -0.108. The van der Waals surface area contributed by atoms with Crippen LogP contribution in [0.25, 0.3) is 0 Å². The second-order valence-corrected chi connectivity index (χ2v) is 2.97. The number of hydrogen-bond donors (Lipinski definition) is 0. The molecular formula is C11H15N. The molecule has 64 valence electrons. The highest BCUT2D eigenvalue weighted by molar-refractivity contribution is 5.12. The van der Waals surface area contributed by atoms with Gasteiger partial charge in [0.1, 0.15) is 5.54 Å². The van der Waals surface area contributed by atoms with Crippen molar-refractivity contribution in [3.8, 4) is 12.3 Å². The van der Waals surface area contributed by atoms with Gasteiger partial charge in [0.2, 0.25) is 0 Å². The summed E-state index contributed by atoms with van der Waals surface area (Å²) in [6.07, 6.45) is 11.6. The van der Waals surface area contributed by atoms with Crippen LogP contribution in [-0.4, -0.2) is 4.57 Å². The molecule has 0 amide bonds. The Labute approximate surface area is 74.4 Å². The Kier molecular flexibility index (Phi) is 2.60. The summed E-state index contributed by atoms with van der Waals surface area (Å²) in [6, 6.07) is 4.02. The van der Waals surface area contributed by atoms with Gasteiger partial charge >= 0.3 is 0 Å². The molecule has 0 bridgehead atoms. The van der Waals surface area contributed by atoms with E-state index < -0.39 is 0 Å². The van der Waals surface area contributed by atoms with Crippen LogP contribution in [0.5, 0.6) is 0 Å². The van der Waals surface area contributed by atoms with E-state index in [1.165, 1.54) is 0 Å². The van der Waals surface area contributed by atoms with Gasteiger partial charge in [-0.2, -0.15) is 0 Å². The maximum Gasteiger partial charge on any atom is 0.104 e. The standard InChI is InChI=1S/C11H15N/c1-4-11(5-2,6-3)12-9-7-8-10-12/h1,7-10H,5-6H2,2-3H3. The molecule has 1 heterocycles. The number of nitrogens with zero attached hydrogens (tertiary/aromatic N) is 1. The zero-order valence-corrected chi connectivity index (χ0v) is 7.75. The van der Waals surface area contributed by atoms with Gasteiger partial charge in [0.05, 0.1) is 0 Å². The quantitative estimate of drug-likeness (QED) is 0.600. The van der Waals surface area contributed by atoms with Crippen LogP contribution < -0.4 is 0 Å². The molecule has 0 aromatic carbocycles. The summed E-state index contributed by atoms with van der Waals surface area (Å²) in [6.45, 7) is 4.26. The fourth-order valence-corrected chi connectivity index (χ4v) is 1.51. The van der Waals surface area contributed by atoms with Gasteiger partial charge in [0.25, 0.3) is 0 Å². The highest BCUT2D eigenvalue weighted by Gasteiger charge is 2.23. The smallest absolute Gasteiger partial charge is 0.104 e. The van der Waals surface area contributed by atoms with Crippen molar-refractivity contribution in [2.24, 2.45) is 0 Å². The Hall–Kier alpha value is -1.16. The highest BCUT2D eigenvalue weighted by Crippen LogP contribution is 2.23. The molecule has 12 heavy (non-hydrogen) atoms. The van der Waals surface area contributed by atoms with Crippen LogP contribution in [0.15, 0.2) is 24.5 Å². The molecule has 0 atom stereocenters. The third-order valence-electron chi connectivity index (χ3n) is 2.54. The number of terminal acetylenes is 1. The SMILES string of the molecule is C#CC(CC)(CC)n1cccc1. The van der Waals surface area contributed by atoms with Gasteiger partial charge in [0, 0.05) is 12.4 Å². The summed E-state index contributed by atoms with van der Waals surface area (Å²) >= 11 is 0. The predicted octanol–water partition coefficient (Wildman–Crippen LogP) is 2.64. The van der Waals surface area contributed by atoms with E-state index in [2.05, 4.69) is 24.3 Å². The third-order valence-corrected chi connectivity index (χ3v) is 2.54. The molecule has 0 fully saturated rings. The van der Waals surface area contributed by atoms with Gasteiger partial charge in [-0.3, -0.25) is 0 Å². The molecule has 0 radical (unpaired) electrons. The number of aromatic nitrogens is 1. The van der Waals surface area contributed by atoms with Gasteiger partial charge in [-0.1, -0.05) is 19.8 Å². The summed E-state index contributed by atoms with van der Waals surface area (Å²) < 4.78 is 2.12. The molecule has 0 N–H and O–H groups in total. The molecule has 0 spiro atoms. The fraction of sp³-hybridized carbons (Fsp3) is 0.455. The van der Waals surface area contributed by atoms with Crippen molar-refractivity contribution in [2.75, 3.05) is 0 Å². The Bertz CT molecular complexity index is 260. The summed E-state index contributed by atoms with van der Waals surface area (Å²) in [5.74, 6) is 2.88. The summed E-state index contributed by atoms with van der Waals surface area (Å²) in [4.78, 5) is 0. The minimum Gasteiger partial charge on any atom is -0.338 e. The van der Waals surface area contributed by atoms with Crippen LogP contribution in [0, 0.1) is 12.3 Å². The van der Waals surface area contributed by atoms with E-state index in [1.807, 2.05) is 24.5 Å². The molecule has 1 aromatic rings. The molecule has 0 unspecified atom stereocenters. The van der Waals surface area contributed by atoms with Gasteiger partial charge in [-0.25, -0.2) is 0 Å². The average molecular weight is 161 g/mol. The fourth-order valence-electron chi connectivity index (χ4n) is 1.51. The highest BCUT2D eigenvalue weighted by atomic mass is 15.0. The lowest BCUT2D eigenvalue weighted by molar-refractivity contribution is 0.362. The molecule has 0 saturated carbocycles. The van der Waals surface area contributed by atoms with Crippen LogP contribution in [0.2, 0.25) is 0 Å². The second kappa shape index (κ2) is 3.49. The maximum atomic E-state index is 5.55. The lowest BCUT2D eigenvalue weighted by Crippen LogP contribution is -2.28. The molecule has 0 aliphatic heterocycles. The Morgan fingerprint density at radius 3 is 2.08 bits per heavy atom. The van der Waals surface area contributed by atoms with E-state index >= 15 is 0 Å². The molecule has 1 heteroatoms.